The predicted molar refractivity (Wildman–Crippen MR) is 84.1 cm³/mol. The molecule has 1 N–H and O–H groups in total. The van der Waals surface area contributed by atoms with Crippen LogP contribution in [-0.2, 0) is 11.3 Å². The van der Waals surface area contributed by atoms with Gasteiger partial charge >= 0.3 is 0 Å². The molecule has 1 aromatic carbocycles. The Morgan fingerprint density at radius 1 is 1.15 bits per heavy atom. The van der Waals surface area contributed by atoms with Crippen molar-refractivity contribution in [3.05, 3.63) is 17.7 Å². The number of thioether (sulfide) groups is 1. The lowest BCUT2D eigenvalue weighted by Gasteiger charge is -2.18. The summed E-state index contributed by atoms with van der Waals surface area (Å²) >= 11 is 1.71. The van der Waals surface area contributed by atoms with Crippen molar-refractivity contribution >= 4 is 11.8 Å². The maximum absolute atomic E-state index is 5.37. The third-order valence-electron chi connectivity index (χ3n) is 3.23. The lowest BCUT2D eigenvalue weighted by molar-refractivity contribution is 0.163. The van der Waals surface area contributed by atoms with Gasteiger partial charge < -0.3 is 19.5 Å². The van der Waals surface area contributed by atoms with Crippen LogP contribution in [0.3, 0.4) is 0 Å². The van der Waals surface area contributed by atoms with E-state index in [1.54, 1.807) is 33.1 Å². The van der Waals surface area contributed by atoms with E-state index < -0.39 is 0 Å². The van der Waals surface area contributed by atoms with Crippen LogP contribution in [0.5, 0.6) is 11.5 Å². The molecular weight excluding hydrogens is 274 g/mol. The van der Waals surface area contributed by atoms with Gasteiger partial charge in [0.15, 0.2) is 11.5 Å². The monoisotopic (exact) mass is 299 g/mol. The molecule has 0 bridgehead atoms. The van der Waals surface area contributed by atoms with E-state index in [1.165, 1.54) is 10.5 Å². The third kappa shape index (κ3) is 4.58. The quantitative estimate of drug-likeness (QED) is 0.710. The number of rotatable bonds is 9. The fourth-order valence-corrected chi connectivity index (χ4v) is 2.63. The van der Waals surface area contributed by atoms with Gasteiger partial charge in [-0.15, -0.1) is 11.8 Å². The highest BCUT2D eigenvalue weighted by molar-refractivity contribution is 7.98. The lowest BCUT2D eigenvalue weighted by Crippen LogP contribution is -2.32. The summed E-state index contributed by atoms with van der Waals surface area (Å²) in [4.78, 5) is 1.20. The zero-order valence-electron chi connectivity index (χ0n) is 13.0. The number of benzene rings is 1. The highest BCUT2D eigenvalue weighted by Crippen LogP contribution is 2.34. The van der Waals surface area contributed by atoms with E-state index in [0.29, 0.717) is 6.04 Å². The summed E-state index contributed by atoms with van der Waals surface area (Å²) < 4.78 is 15.9. The van der Waals surface area contributed by atoms with Gasteiger partial charge in [-0.3, -0.25) is 0 Å². The fourth-order valence-electron chi connectivity index (χ4n) is 2.01. The first-order chi connectivity index (χ1) is 9.69. The lowest BCUT2D eigenvalue weighted by atomic mass is 10.1. The third-order valence-corrected chi connectivity index (χ3v) is 4.05. The predicted octanol–water partition coefficient (Wildman–Crippen LogP) is 2.94. The van der Waals surface area contributed by atoms with Crippen LogP contribution < -0.4 is 14.8 Å². The molecule has 0 aliphatic rings. The Bertz CT molecular complexity index is 412. The van der Waals surface area contributed by atoms with Crippen LogP contribution in [-0.4, -0.2) is 40.2 Å². The molecular formula is C15H25NO3S. The van der Waals surface area contributed by atoms with Gasteiger partial charge in [-0.25, -0.2) is 0 Å². The second-order valence-electron chi connectivity index (χ2n) is 4.46. The molecule has 0 aliphatic carbocycles. The molecule has 1 unspecified atom stereocenters. The van der Waals surface area contributed by atoms with E-state index in [9.17, 15) is 0 Å². The molecule has 0 spiro atoms. The Balaban J connectivity index is 2.87. The minimum Gasteiger partial charge on any atom is -0.493 e. The number of nitrogens with one attached hydrogen (secondary N) is 1. The molecule has 1 atom stereocenters. The molecule has 0 radical (unpaired) electrons. The van der Waals surface area contributed by atoms with Crippen LogP contribution >= 0.6 is 11.8 Å². The van der Waals surface area contributed by atoms with Gasteiger partial charge in [0.1, 0.15) is 0 Å². The highest BCUT2D eigenvalue weighted by Gasteiger charge is 2.12. The molecule has 1 rings (SSSR count). The van der Waals surface area contributed by atoms with Crippen LogP contribution in [0, 0.1) is 0 Å². The van der Waals surface area contributed by atoms with E-state index >= 15 is 0 Å². The Morgan fingerprint density at radius 2 is 1.80 bits per heavy atom. The summed E-state index contributed by atoms with van der Waals surface area (Å²) in [6.07, 6.45) is 3.10. The summed E-state index contributed by atoms with van der Waals surface area (Å²) in [5, 5.41) is 3.52. The van der Waals surface area contributed by atoms with E-state index in [4.69, 9.17) is 14.2 Å². The van der Waals surface area contributed by atoms with Gasteiger partial charge in [0.2, 0.25) is 0 Å². The molecule has 0 fully saturated rings. The molecule has 20 heavy (non-hydrogen) atoms. The molecule has 0 saturated heterocycles. The Hall–Kier alpha value is -0.910. The van der Waals surface area contributed by atoms with Crippen molar-refractivity contribution in [1.82, 2.24) is 5.32 Å². The topological polar surface area (TPSA) is 39.7 Å². The first-order valence-electron chi connectivity index (χ1n) is 6.71. The van der Waals surface area contributed by atoms with Gasteiger partial charge in [-0.1, -0.05) is 6.92 Å². The Kier molecular flexibility index (Phi) is 7.80. The van der Waals surface area contributed by atoms with Crippen molar-refractivity contribution < 1.29 is 14.2 Å². The summed E-state index contributed by atoms with van der Waals surface area (Å²) in [7, 11) is 5.05. The molecule has 0 amide bonds. The molecule has 0 saturated carbocycles. The normalized spacial score (nSPS) is 12.2. The zero-order valence-corrected chi connectivity index (χ0v) is 13.8. The molecule has 1 aromatic rings. The van der Waals surface area contributed by atoms with E-state index in [0.717, 1.165) is 31.1 Å². The number of hydrogen-bond donors (Lipinski definition) is 1. The maximum atomic E-state index is 5.37. The van der Waals surface area contributed by atoms with E-state index in [1.807, 2.05) is 12.1 Å². The van der Waals surface area contributed by atoms with Crippen molar-refractivity contribution in [2.24, 2.45) is 0 Å². The maximum Gasteiger partial charge on any atom is 0.161 e. The average Bonchev–Trinajstić information content (AvgIpc) is 2.50. The standard InChI is InChI=1S/C15H25NO3S/c1-6-12(10-17-2)16-9-11-7-13(18-3)14(19-4)8-15(11)20-5/h7-8,12,16H,6,9-10H2,1-5H3. The van der Waals surface area contributed by atoms with Gasteiger partial charge in [-0.2, -0.15) is 0 Å². The number of methoxy groups -OCH3 is 3. The SMILES string of the molecule is CCC(COC)NCc1cc(OC)c(OC)cc1SC. The Labute approximate surface area is 126 Å². The molecule has 0 aliphatic heterocycles. The van der Waals surface area contributed by atoms with E-state index in [2.05, 4.69) is 18.5 Å². The van der Waals surface area contributed by atoms with Gasteiger partial charge in [0.05, 0.1) is 20.8 Å². The van der Waals surface area contributed by atoms with Gasteiger partial charge in [-0.05, 0) is 30.4 Å². The summed E-state index contributed by atoms with van der Waals surface area (Å²) in [5.41, 5.74) is 1.21. The van der Waals surface area contributed by atoms with Gasteiger partial charge in [0.25, 0.3) is 0 Å². The second-order valence-corrected chi connectivity index (χ2v) is 5.31. The zero-order chi connectivity index (χ0) is 15.0. The second kappa shape index (κ2) is 9.10. The van der Waals surface area contributed by atoms with Crippen molar-refractivity contribution in [2.75, 3.05) is 34.2 Å². The minimum absolute atomic E-state index is 0.364. The smallest absolute Gasteiger partial charge is 0.161 e. The van der Waals surface area contributed by atoms with Crippen molar-refractivity contribution in [3.8, 4) is 11.5 Å². The Morgan fingerprint density at radius 3 is 2.30 bits per heavy atom. The fraction of sp³-hybridized carbons (Fsp3) is 0.600. The number of hydrogen-bond acceptors (Lipinski definition) is 5. The largest absolute Gasteiger partial charge is 0.493 e. The molecule has 4 nitrogen and oxygen atoms in total. The van der Waals surface area contributed by atoms with Crippen LogP contribution in [0.2, 0.25) is 0 Å². The molecule has 5 heteroatoms. The van der Waals surface area contributed by atoms with E-state index in [-0.39, 0.29) is 0 Å². The summed E-state index contributed by atoms with van der Waals surface area (Å²) in [6, 6.07) is 4.43. The molecule has 0 aromatic heterocycles. The van der Waals surface area contributed by atoms with Crippen LogP contribution in [0.4, 0.5) is 0 Å². The minimum atomic E-state index is 0.364. The van der Waals surface area contributed by atoms with Crippen molar-refractivity contribution in [3.63, 3.8) is 0 Å². The molecule has 114 valence electrons. The number of ether oxygens (including phenoxy) is 3. The van der Waals surface area contributed by atoms with Crippen LogP contribution in [0.15, 0.2) is 17.0 Å². The van der Waals surface area contributed by atoms with Crippen molar-refractivity contribution in [1.29, 1.82) is 0 Å². The van der Waals surface area contributed by atoms with Crippen LogP contribution in [0.1, 0.15) is 18.9 Å². The van der Waals surface area contributed by atoms with Gasteiger partial charge in [0, 0.05) is 24.6 Å². The average molecular weight is 299 g/mol. The van der Waals surface area contributed by atoms with Crippen molar-refractivity contribution in [2.45, 2.75) is 30.8 Å². The van der Waals surface area contributed by atoms with Crippen LogP contribution in [0.25, 0.3) is 0 Å². The summed E-state index contributed by atoms with van der Waals surface area (Å²) in [5.74, 6) is 1.53. The molecule has 0 heterocycles. The highest BCUT2D eigenvalue weighted by atomic mass is 32.2. The summed E-state index contributed by atoms with van der Waals surface area (Å²) in [6.45, 7) is 3.66. The first kappa shape index (κ1) is 17.1. The first-order valence-corrected chi connectivity index (χ1v) is 7.93.